The summed E-state index contributed by atoms with van der Waals surface area (Å²) < 4.78 is 26.8. The summed E-state index contributed by atoms with van der Waals surface area (Å²) in [5.74, 6) is -0.614. The van der Waals surface area contributed by atoms with Crippen LogP contribution in [0.5, 0.6) is 5.75 Å². The predicted molar refractivity (Wildman–Crippen MR) is 119 cm³/mol. The van der Waals surface area contributed by atoms with Crippen molar-refractivity contribution >= 4 is 28.6 Å². The second-order valence-corrected chi connectivity index (χ2v) is 9.52. The van der Waals surface area contributed by atoms with E-state index in [2.05, 4.69) is 0 Å². The maximum Gasteiger partial charge on any atom is 0.343 e. The second-order valence-electron chi connectivity index (χ2n) is 8.49. The number of fused-ring (bicyclic) bond motifs is 5. The van der Waals surface area contributed by atoms with Crippen LogP contribution in [0.3, 0.4) is 0 Å². The van der Waals surface area contributed by atoms with Gasteiger partial charge >= 0.3 is 5.97 Å². The van der Waals surface area contributed by atoms with Gasteiger partial charge in [-0.15, -0.1) is 11.8 Å². The van der Waals surface area contributed by atoms with Crippen molar-refractivity contribution in [3.05, 3.63) is 50.6 Å². The van der Waals surface area contributed by atoms with Crippen molar-refractivity contribution in [1.29, 1.82) is 0 Å². The van der Waals surface area contributed by atoms with Crippen LogP contribution >= 0.6 is 11.8 Å². The molecule has 3 aliphatic rings. The number of carbonyl (C=O) groups is 1. The number of halogens is 1. The van der Waals surface area contributed by atoms with Crippen LogP contribution in [0, 0.1) is 5.82 Å². The summed E-state index contributed by atoms with van der Waals surface area (Å²) in [5, 5.41) is 11.8. The van der Waals surface area contributed by atoms with E-state index in [0.717, 1.165) is 16.5 Å². The minimum Gasteiger partial charge on any atom is -0.492 e. The first-order chi connectivity index (χ1) is 15.8. The molecule has 0 amide bonds. The molecule has 1 aromatic carbocycles. The van der Waals surface area contributed by atoms with Crippen LogP contribution in [0.15, 0.2) is 21.8 Å². The van der Waals surface area contributed by atoms with Crippen LogP contribution in [-0.4, -0.2) is 33.5 Å². The van der Waals surface area contributed by atoms with E-state index in [1.54, 1.807) is 17.6 Å². The van der Waals surface area contributed by atoms with E-state index in [4.69, 9.17) is 20.2 Å². The van der Waals surface area contributed by atoms with Crippen LogP contribution < -0.4 is 16.0 Å². The smallest absolute Gasteiger partial charge is 0.343 e. The standard InChI is InChI=1S/C23H20FN3O5S/c1-3-23(30)11-4-15-18-9(6-27(15)21(28)10(11)7-32-22(23)29)16-13(25)8-33-20-17(16)14(26-18)5-12(24)19(20)31-2/h4-5,13,30H,3,6-8,25H2,1-2H3/t13-,23-/m0/s1. The van der Waals surface area contributed by atoms with Gasteiger partial charge in [0.25, 0.3) is 5.56 Å². The third-order valence-electron chi connectivity index (χ3n) is 6.87. The number of esters is 1. The average molecular weight is 469 g/mol. The molecule has 0 bridgehead atoms. The Morgan fingerprint density at radius 1 is 1.39 bits per heavy atom. The zero-order chi connectivity index (χ0) is 23.2. The fraction of sp³-hybridized carbons (Fsp3) is 0.348. The van der Waals surface area contributed by atoms with E-state index >= 15 is 0 Å². The molecule has 0 spiro atoms. The number of carbonyl (C=O) groups excluding carboxylic acids is 1. The fourth-order valence-electron chi connectivity index (χ4n) is 5.19. The summed E-state index contributed by atoms with van der Waals surface area (Å²) in [6.45, 7) is 1.70. The van der Waals surface area contributed by atoms with Crippen molar-refractivity contribution < 1.29 is 23.8 Å². The van der Waals surface area contributed by atoms with Crippen molar-refractivity contribution in [3.63, 3.8) is 0 Å². The number of benzene rings is 1. The Balaban J connectivity index is 1.69. The molecular weight excluding hydrogens is 449 g/mol. The lowest BCUT2D eigenvalue weighted by atomic mass is 9.86. The Hall–Kier alpha value is -2.95. The maximum atomic E-state index is 14.8. The summed E-state index contributed by atoms with van der Waals surface area (Å²) in [4.78, 5) is 31.2. The van der Waals surface area contributed by atoms with Crippen LogP contribution in [-0.2, 0) is 28.3 Å². The fourth-order valence-corrected chi connectivity index (χ4v) is 6.37. The van der Waals surface area contributed by atoms with Gasteiger partial charge in [0, 0.05) is 34.4 Å². The third kappa shape index (κ3) is 2.51. The molecule has 3 N–H and O–H groups in total. The minimum atomic E-state index is -1.91. The number of pyridine rings is 2. The number of aromatic nitrogens is 2. The van der Waals surface area contributed by atoms with Gasteiger partial charge in [-0.05, 0) is 18.1 Å². The topological polar surface area (TPSA) is 117 Å². The highest BCUT2D eigenvalue weighted by atomic mass is 32.2. The zero-order valence-corrected chi connectivity index (χ0v) is 18.7. The second kappa shape index (κ2) is 6.78. The third-order valence-corrected chi connectivity index (χ3v) is 8.07. The van der Waals surface area contributed by atoms with Crippen molar-refractivity contribution in [2.75, 3.05) is 12.9 Å². The van der Waals surface area contributed by atoms with Crippen LogP contribution in [0.25, 0.3) is 22.3 Å². The van der Waals surface area contributed by atoms with Crippen LogP contribution in [0.1, 0.15) is 41.6 Å². The zero-order valence-electron chi connectivity index (χ0n) is 17.9. The molecule has 170 valence electrons. The van der Waals surface area contributed by atoms with Gasteiger partial charge in [0.1, 0.15) is 6.61 Å². The lowest BCUT2D eigenvalue weighted by Crippen LogP contribution is -2.44. The number of nitrogens with zero attached hydrogens (tertiary/aromatic N) is 2. The number of hydrogen-bond acceptors (Lipinski definition) is 8. The minimum absolute atomic E-state index is 0.0570. The van der Waals surface area contributed by atoms with Gasteiger partial charge in [-0.2, -0.15) is 0 Å². The number of aliphatic hydroxyl groups is 1. The van der Waals surface area contributed by atoms with E-state index in [1.165, 1.54) is 24.9 Å². The molecule has 0 radical (unpaired) electrons. The summed E-state index contributed by atoms with van der Waals surface area (Å²) in [5.41, 5.74) is 7.75. The van der Waals surface area contributed by atoms with Gasteiger partial charge in [0.2, 0.25) is 0 Å². The molecule has 0 saturated carbocycles. The normalized spacial score (nSPS) is 22.6. The highest BCUT2D eigenvalue weighted by molar-refractivity contribution is 7.99. The predicted octanol–water partition coefficient (Wildman–Crippen LogP) is 2.33. The molecule has 0 fully saturated rings. The molecule has 0 unspecified atom stereocenters. The monoisotopic (exact) mass is 469 g/mol. The molecule has 0 saturated heterocycles. The summed E-state index contributed by atoms with van der Waals surface area (Å²) in [7, 11) is 1.43. The number of rotatable bonds is 2. The number of nitrogens with two attached hydrogens (primary N) is 1. The highest BCUT2D eigenvalue weighted by Gasteiger charge is 2.45. The SMILES string of the molecule is CC[C@@]1(O)C(=O)OCc2c1cc1n(c2=O)Cc2c-1nc1cc(F)c(OC)c3c1c2[C@@H](N)CS3. The Labute approximate surface area is 191 Å². The van der Waals surface area contributed by atoms with E-state index in [1.807, 2.05) is 0 Å². The lowest BCUT2D eigenvalue weighted by molar-refractivity contribution is -0.172. The Kier molecular flexibility index (Phi) is 4.24. The van der Waals surface area contributed by atoms with Gasteiger partial charge < -0.3 is 24.9 Å². The molecule has 8 nitrogen and oxygen atoms in total. The Bertz CT molecular complexity index is 1470. The highest BCUT2D eigenvalue weighted by Crippen LogP contribution is 2.49. The van der Waals surface area contributed by atoms with Gasteiger partial charge in [-0.3, -0.25) is 4.79 Å². The molecule has 10 heteroatoms. The molecule has 33 heavy (non-hydrogen) atoms. The number of cyclic esters (lactones) is 1. The van der Waals surface area contributed by atoms with Crippen molar-refractivity contribution in [2.24, 2.45) is 5.73 Å². The van der Waals surface area contributed by atoms with Crippen LogP contribution in [0.4, 0.5) is 4.39 Å². The van der Waals surface area contributed by atoms with Crippen molar-refractivity contribution in [2.45, 2.75) is 43.0 Å². The van der Waals surface area contributed by atoms with Gasteiger partial charge in [0.15, 0.2) is 17.2 Å². The first-order valence-corrected chi connectivity index (χ1v) is 11.6. The van der Waals surface area contributed by atoms with Crippen LogP contribution in [0.2, 0.25) is 0 Å². The molecule has 3 aromatic rings. The molecular formula is C23H20FN3O5S. The molecule has 0 aliphatic carbocycles. The molecule has 6 rings (SSSR count). The number of thioether (sulfide) groups is 1. The van der Waals surface area contributed by atoms with E-state index in [0.29, 0.717) is 27.6 Å². The average Bonchev–Trinajstić information content (AvgIpc) is 3.17. The van der Waals surface area contributed by atoms with E-state index in [9.17, 15) is 19.1 Å². The Morgan fingerprint density at radius 2 is 2.18 bits per heavy atom. The quantitative estimate of drug-likeness (QED) is 0.430. The first-order valence-electron chi connectivity index (χ1n) is 10.6. The van der Waals surface area contributed by atoms with E-state index < -0.39 is 17.4 Å². The Morgan fingerprint density at radius 3 is 2.91 bits per heavy atom. The van der Waals surface area contributed by atoms with Gasteiger partial charge in [-0.25, -0.2) is 14.2 Å². The number of hydrogen-bond donors (Lipinski definition) is 2. The summed E-state index contributed by atoms with van der Waals surface area (Å²) in [6, 6.07) is 2.62. The lowest BCUT2D eigenvalue weighted by Gasteiger charge is -2.31. The summed E-state index contributed by atoms with van der Waals surface area (Å²) >= 11 is 1.42. The van der Waals surface area contributed by atoms with Gasteiger partial charge in [-0.1, -0.05) is 6.92 Å². The summed E-state index contributed by atoms with van der Waals surface area (Å²) in [6.07, 6.45) is 0.0570. The largest absolute Gasteiger partial charge is 0.492 e. The molecule has 2 atom stereocenters. The molecule has 3 aliphatic heterocycles. The number of methoxy groups -OCH3 is 1. The maximum absolute atomic E-state index is 14.8. The van der Waals surface area contributed by atoms with Gasteiger partial charge in [0.05, 0.1) is 41.0 Å². The number of ether oxygens (including phenoxy) is 2. The molecule has 2 aromatic heterocycles. The van der Waals surface area contributed by atoms with E-state index in [-0.39, 0.29) is 48.0 Å². The first kappa shape index (κ1) is 20.6. The van der Waals surface area contributed by atoms with Crippen molar-refractivity contribution in [3.8, 4) is 17.1 Å². The van der Waals surface area contributed by atoms with Crippen molar-refractivity contribution in [1.82, 2.24) is 9.55 Å². The molecule has 5 heterocycles.